The summed E-state index contributed by atoms with van der Waals surface area (Å²) in [7, 11) is 3.97. The Morgan fingerprint density at radius 2 is 2.05 bits per heavy atom. The van der Waals surface area contributed by atoms with Crippen LogP contribution in [-0.4, -0.2) is 47.3 Å². The van der Waals surface area contributed by atoms with Gasteiger partial charge in [-0.3, -0.25) is 9.59 Å². The molecule has 22 heavy (non-hydrogen) atoms. The first-order valence-corrected chi connectivity index (χ1v) is 7.87. The Balaban J connectivity index is 2.84. The summed E-state index contributed by atoms with van der Waals surface area (Å²) in [5.74, 6) is 0.268. The van der Waals surface area contributed by atoms with Gasteiger partial charge in [0.2, 0.25) is 0 Å². The lowest BCUT2D eigenvalue weighted by Crippen LogP contribution is -2.43. The predicted octanol–water partition coefficient (Wildman–Crippen LogP) is 1.36. The molecule has 0 aliphatic carbocycles. The Morgan fingerprint density at radius 3 is 2.59 bits per heavy atom. The lowest BCUT2D eigenvalue weighted by atomic mass is 10.0. The first-order valence-electron chi connectivity index (χ1n) is 7.87. The third kappa shape index (κ3) is 5.97. The van der Waals surface area contributed by atoms with Crippen LogP contribution >= 0.6 is 0 Å². The van der Waals surface area contributed by atoms with Crippen molar-refractivity contribution >= 4 is 5.91 Å². The van der Waals surface area contributed by atoms with Gasteiger partial charge in [-0.2, -0.15) is 5.10 Å². The van der Waals surface area contributed by atoms with Gasteiger partial charge in [0.25, 0.3) is 11.5 Å². The van der Waals surface area contributed by atoms with E-state index in [4.69, 9.17) is 0 Å². The summed E-state index contributed by atoms with van der Waals surface area (Å²) >= 11 is 0. The second-order valence-corrected chi connectivity index (χ2v) is 6.34. The minimum atomic E-state index is -0.225. The highest BCUT2D eigenvalue weighted by Crippen LogP contribution is 2.06. The van der Waals surface area contributed by atoms with Crippen LogP contribution in [0.15, 0.2) is 16.9 Å². The zero-order chi connectivity index (χ0) is 16.7. The minimum absolute atomic E-state index is 0.0656. The zero-order valence-electron chi connectivity index (χ0n) is 14.3. The van der Waals surface area contributed by atoms with Crippen molar-refractivity contribution in [1.29, 1.82) is 0 Å². The fourth-order valence-corrected chi connectivity index (χ4v) is 2.39. The van der Waals surface area contributed by atoms with E-state index in [9.17, 15) is 9.59 Å². The van der Waals surface area contributed by atoms with Crippen LogP contribution in [0.2, 0.25) is 0 Å². The van der Waals surface area contributed by atoms with Crippen molar-refractivity contribution < 1.29 is 4.79 Å². The Bertz CT molecular complexity index is 527. The maximum Gasteiger partial charge on any atom is 0.271 e. The molecule has 0 saturated heterocycles. The number of hydrogen-bond acceptors (Lipinski definition) is 4. The van der Waals surface area contributed by atoms with Crippen molar-refractivity contribution in [3.05, 3.63) is 28.2 Å². The van der Waals surface area contributed by atoms with Crippen molar-refractivity contribution in [1.82, 2.24) is 20.0 Å². The zero-order valence-corrected chi connectivity index (χ0v) is 14.3. The highest BCUT2D eigenvalue weighted by molar-refractivity contribution is 5.92. The van der Waals surface area contributed by atoms with E-state index >= 15 is 0 Å². The lowest BCUT2D eigenvalue weighted by molar-refractivity contribution is 0.0917. The number of hydrogen-bond donors (Lipinski definition) is 1. The fourth-order valence-electron chi connectivity index (χ4n) is 2.39. The number of nitrogens with zero attached hydrogens (tertiary/aromatic N) is 3. The minimum Gasteiger partial charge on any atom is -0.347 e. The summed E-state index contributed by atoms with van der Waals surface area (Å²) < 4.78 is 1.35. The van der Waals surface area contributed by atoms with Gasteiger partial charge in [0.05, 0.1) is 0 Å². The number of amides is 1. The van der Waals surface area contributed by atoms with Crippen LogP contribution in [0.3, 0.4) is 0 Å². The van der Waals surface area contributed by atoms with E-state index < -0.39 is 0 Å². The van der Waals surface area contributed by atoms with E-state index in [1.54, 1.807) is 0 Å². The molecule has 0 bridgehead atoms. The molecule has 0 radical (unpaired) electrons. The number of rotatable bonds is 8. The summed E-state index contributed by atoms with van der Waals surface area (Å²) in [6, 6.07) is 2.96. The Hall–Kier alpha value is -1.69. The van der Waals surface area contributed by atoms with Crippen molar-refractivity contribution in [2.45, 2.75) is 46.2 Å². The summed E-state index contributed by atoms with van der Waals surface area (Å²) in [5, 5.41) is 7.18. The van der Waals surface area contributed by atoms with Gasteiger partial charge in [-0.25, -0.2) is 4.68 Å². The van der Waals surface area contributed by atoms with Gasteiger partial charge in [-0.1, -0.05) is 20.8 Å². The second kappa shape index (κ2) is 8.68. The number of carbonyl (C=O) groups excluding carboxylic acids is 1. The molecule has 0 saturated carbocycles. The number of carbonyl (C=O) groups is 1. The van der Waals surface area contributed by atoms with Crippen LogP contribution in [-0.2, 0) is 6.54 Å². The summed E-state index contributed by atoms with van der Waals surface area (Å²) in [4.78, 5) is 26.1. The molecular formula is C16H28N4O2. The Morgan fingerprint density at radius 1 is 1.36 bits per heavy atom. The molecule has 0 aliphatic rings. The van der Waals surface area contributed by atoms with Gasteiger partial charge < -0.3 is 10.2 Å². The van der Waals surface area contributed by atoms with Crippen LogP contribution in [0.1, 0.15) is 44.1 Å². The van der Waals surface area contributed by atoms with E-state index in [2.05, 4.69) is 29.2 Å². The molecule has 1 amide bonds. The van der Waals surface area contributed by atoms with Crippen LogP contribution in [0, 0.1) is 5.92 Å². The Kier molecular flexibility index (Phi) is 7.24. The van der Waals surface area contributed by atoms with Crippen molar-refractivity contribution in [2.24, 2.45) is 5.92 Å². The van der Waals surface area contributed by atoms with Crippen molar-refractivity contribution in [3.8, 4) is 0 Å². The predicted molar refractivity (Wildman–Crippen MR) is 88.1 cm³/mol. The smallest absolute Gasteiger partial charge is 0.271 e. The monoisotopic (exact) mass is 308 g/mol. The molecule has 0 aliphatic heterocycles. The van der Waals surface area contributed by atoms with E-state index in [-0.39, 0.29) is 17.5 Å². The van der Waals surface area contributed by atoms with Crippen LogP contribution < -0.4 is 10.9 Å². The quantitative estimate of drug-likeness (QED) is 0.787. The maximum absolute atomic E-state index is 12.4. The summed E-state index contributed by atoms with van der Waals surface area (Å²) in [5.41, 5.74) is 0.117. The number of likely N-dealkylation sites (N-methyl/N-ethyl adjacent to an activating group) is 1. The van der Waals surface area contributed by atoms with E-state index in [1.807, 2.05) is 21.0 Å². The third-order valence-electron chi connectivity index (χ3n) is 3.21. The van der Waals surface area contributed by atoms with Crippen LogP contribution in [0.25, 0.3) is 0 Å². The highest BCUT2D eigenvalue weighted by atomic mass is 16.2. The fraction of sp³-hybridized carbons (Fsp3) is 0.688. The molecule has 1 aromatic heterocycles. The SMILES string of the molecule is CCCn1nc(C(=O)NC(CC(C)C)CN(C)C)ccc1=O. The average molecular weight is 308 g/mol. The molecule has 1 heterocycles. The topological polar surface area (TPSA) is 67.2 Å². The molecule has 1 unspecified atom stereocenters. The lowest BCUT2D eigenvalue weighted by Gasteiger charge is -2.23. The standard InChI is InChI=1S/C16H28N4O2/c1-6-9-20-15(21)8-7-14(18-20)16(22)17-13(10-12(2)3)11-19(4)5/h7-8,12-13H,6,9-11H2,1-5H3,(H,17,22). The van der Waals surface area contributed by atoms with Crippen LogP contribution in [0.5, 0.6) is 0 Å². The molecule has 0 aromatic carbocycles. The van der Waals surface area contributed by atoms with Crippen molar-refractivity contribution in [3.63, 3.8) is 0 Å². The molecule has 6 heteroatoms. The van der Waals surface area contributed by atoms with Crippen LogP contribution in [0.4, 0.5) is 0 Å². The molecule has 0 spiro atoms. The number of aryl methyl sites for hydroxylation is 1. The van der Waals surface area contributed by atoms with E-state index in [0.717, 1.165) is 19.4 Å². The normalized spacial score (nSPS) is 12.7. The van der Waals surface area contributed by atoms with Gasteiger partial charge >= 0.3 is 0 Å². The summed E-state index contributed by atoms with van der Waals surface area (Å²) in [6.07, 6.45) is 1.70. The van der Waals surface area contributed by atoms with E-state index in [0.29, 0.717) is 18.2 Å². The third-order valence-corrected chi connectivity index (χ3v) is 3.21. The maximum atomic E-state index is 12.4. The Labute approximate surface area is 132 Å². The average Bonchev–Trinajstić information content (AvgIpc) is 2.39. The number of aromatic nitrogens is 2. The largest absolute Gasteiger partial charge is 0.347 e. The molecule has 124 valence electrons. The summed E-state index contributed by atoms with van der Waals surface area (Å²) in [6.45, 7) is 7.53. The molecular weight excluding hydrogens is 280 g/mol. The van der Waals surface area contributed by atoms with Gasteiger partial charge in [0.1, 0.15) is 5.69 Å². The molecule has 6 nitrogen and oxygen atoms in total. The molecule has 1 N–H and O–H groups in total. The second-order valence-electron chi connectivity index (χ2n) is 6.34. The first kappa shape index (κ1) is 18.4. The number of nitrogens with one attached hydrogen (secondary N) is 1. The van der Waals surface area contributed by atoms with Gasteiger partial charge in [-0.15, -0.1) is 0 Å². The molecule has 1 atom stereocenters. The first-order chi connectivity index (χ1) is 10.3. The van der Waals surface area contributed by atoms with Gasteiger partial charge in [0, 0.05) is 25.2 Å². The molecule has 1 aromatic rings. The molecule has 1 rings (SSSR count). The van der Waals surface area contributed by atoms with Crippen molar-refractivity contribution in [2.75, 3.05) is 20.6 Å². The van der Waals surface area contributed by atoms with Gasteiger partial charge in [0.15, 0.2) is 0 Å². The van der Waals surface area contributed by atoms with Gasteiger partial charge in [-0.05, 0) is 38.9 Å². The van der Waals surface area contributed by atoms with E-state index in [1.165, 1.54) is 16.8 Å². The highest BCUT2D eigenvalue weighted by Gasteiger charge is 2.17. The molecule has 0 fully saturated rings.